The molecule has 2 aromatic rings. The first-order valence-electron chi connectivity index (χ1n) is 6.25. The number of rotatable bonds is 5. The Hall–Kier alpha value is -1.28. The van der Waals surface area contributed by atoms with Crippen molar-refractivity contribution < 1.29 is 8.42 Å². The van der Waals surface area contributed by atoms with Gasteiger partial charge in [0.1, 0.15) is 4.99 Å². The third kappa shape index (κ3) is 3.88. The van der Waals surface area contributed by atoms with Gasteiger partial charge in [0.05, 0.1) is 4.90 Å². The van der Waals surface area contributed by atoms with Gasteiger partial charge in [-0.25, -0.2) is 13.1 Å². The van der Waals surface area contributed by atoms with E-state index < -0.39 is 10.0 Å². The lowest BCUT2D eigenvalue weighted by atomic mass is 10.1. The van der Waals surface area contributed by atoms with Crippen LogP contribution in [0.5, 0.6) is 0 Å². The zero-order valence-corrected chi connectivity index (χ0v) is 14.2. The number of thiocarbonyl (C=S) groups is 1. The highest BCUT2D eigenvalue weighted by atomic mass is 32.2. The van der Waals surface area contributed by atoms with E-state index in [9.17, 15) is 8.42 Å². The van der Waals surface area contributed by atoms with E-state index in [2.05, 4.69) is 4.72 Å². The second-order valence-electron chi connectivity index (χ2n) is 4.68. The van der Waals surface area contributed by atoms with Crippen molar-refractivity contribution in [1.29, 1.82) is 0 Å². The number of hydrogen-bond donors (Lipinski definition) is 2. The molecule has 0 unspecified atom stereocenters. The summed E-state index contributed by atoms with van der Waals surface area (Å²) in [5.74, 6) is 0. The van der Waals surface area contributed by atoms with E-state index in [1.807, 2.05) is 19.1 Å². The molecule has 21 heavy (non-hydrogen) atoms. The fourth-order valence-corrected chi connectivity index (χ4v) is 4.15. The molecule has 1 aromatic heterocycles. The lowest BCUT2D eigenvalue weighted by molar-refractivity contribution is 0.581. The van der Waals surface area contributed by atoms with Crippen LogP contribution in [0.25, 0.3) is 0 Å². The van der Waals surface area contributed by atoms with E-state index in [1.54, 1.807) is 30.4 Å². The molecule has 0 saturated heterocycles. The lowest BCUT2D eigenvalue weighted by Gasteiger charge is -2.09. The first-order chi connectivity index (χ1) is 9.79. The Labute approximate surface area is 134 Å². The van der Waals surface area contributed by atoms with Crippen molar-refractivity contribution in [2.45, 2.75) is 25.3 Å². The number of sulfonamides is 1. The minimum atomic E-state index is -3.54. The maximum atomic E-state index is 12.3. The van der Waals surface area contributed by atoms with Crippen LogP contribution in [0.2, 0.25) is 0 Å². The van der Waals surface area contributed by atoms with Gasteiger partial charge >= 0.3 is 0 Å². The smallest absolute Gasteiger partial charge is 0.240 e. The highest BCUT2D eigenvalue weighted by molar-refractivity contribution is 7.89. The van der Waals surface area contributed by atoms with E-state index in [4.69, 9.17) is 18.0 Å². The molecule has 7 heteroatoms. The third-order valence-electron chi connectivity index (χ3n) is 3.01. The van der Waals surface area contributed by atoms with E-state index in [0.29, 0.717) is 5.56 Å². The van der Waals surface area contributed by atoms with Crippen molar-refractivity contribution in [3.05, 3.63) is 51.2 Å². The summed E-state index contributed by atoms with van der Waals surface area (Å²) in [6.07, 6.45) is 0. The second kappa shape index (κ2) is 6.23. The molecular formula is C14H16N2O2S3. The number of nitrogens with two attached hydrogens (primary N) is 1. The van der Waals surface area contributed by atoms with E-state index >= 15 is 0 Å². The Balaban J connectivity index is 2.19. The standard InChI is InChI=1S/C14H16N2O2S3/c1-9-7-12(5-6-13(9)14(15)19)21(17,18)16-8-11-4-3-10(2)20-11/h3-7,16H,8H2,1-2H3,(H2,15,19). The number of aryl methyl sites for hydroxylation is 2. The molecule has 0 aliphatic carbocycles. The Morgan fingerprint density at radius 3 is 2.52 bits per heavy atom. The van der Waals surface area contributed by atoms with Gasteiger partial charge in [-0.1, -0.05) is 18.3 Å². The molecule has 0 atom stereocenters. The molecule has 2 rings (SSSR count). The van der Waals surface area contributed by atoms with Gasteiger partial charge in [-0.05, 0) is 43.7 Å². The van der Waals surface area contributed by atoms with E-state index in [1.165, 1.54) is 6.07 Å². The second-order valence-corrected chi connectivity index (χ2v) is 8.26. The average molecular weight is 340 g/mol. The SMILES string of the molecule is Cc1ccc(CNS(=O)(=O)c2ccc(C(N)=S)c(C)c2)s1. The van der Waals surface area contributed by atoms with Crippen LogP contribution in [-0.4, -0.2) is 13.4 Å². The van der Waals surface area contributed by atoms with Crippen LogP contribution in [0, 0.1) is 13.8 Å². The first kappa shape index (κ1) is 16.1. The zero-order valence-electron chi connectivity index (χ0n) is 11.7. The van der Waals surface area contributed by atoms with Crippen molar-refractivity contribution in [3.8, 4) is 0 Å². The molecule has 0 aliphatic rings. The molecule has 0 bridgehead atoms. The molecule has 1 heterocycles. The van der Waals surface area contributed by atoms with Gasteiger partial charge in [-0.3, -0.25) is 0 Å². The van der Waals surface area contributed by atoms with Gasteiger partial charge in [0.25, 0.3) is 0 Å². The average Bonchev–Trinajstić information content (AvgIpc) is 2.82. The molecule has 0 amide bonds. The highest BCUT2D eigenvalue weighted by Gasteiger charge is 2.15. The Morgan fingerprint density at radius 2 is 2.00 bits per heavy atom. The summed E-state index contributed by atoms with van der Waals surface area (Å²) in [5, 5.41) is 0. The topological polar surface area (TPSA) is 72.2 Å². The lowest BCUT2D eigenvalue weighted by Crippen LogP contribution is -2.23. The largest absolute Gasteiger partial charge is 0.389 e. The van der Waals surface area contributed by atoms with Crippen LogP contribution in [0.1, 0.15) is 20.9 Å². The molecule has 112 valence electrons. The van der Waals surface area contributed by atoms with Gasteiger partial charge in [0.2, 0.25) is 10.0 Å². The molecular weight excluding hydrogens is 324 g/mol. The summed E-state index contributed by atoms with van der Waals surface area (Å²) >= 11 is 6.49. The first-order valence-corrected chi connectivity index (χ1v) is 8.96. The molecule has 0 spiro atoms. The minimum Gasteiger partial charge on any atom is -0.389 e. The molecule has 1 aromatic carbocycles. The van der Waals surface area contributed by atoms with Gasteiger partial charge in [0.15, 0.2) is 0 Å². The quantitative estimate of drug-likeness (QED) is 0.820. The van der Waals surface area contributed by atoms with Crippen molar-refractivity contribution in [2.24, 2.45) is 5.73 Å². The summed E-state index contributed by atoms with van der Waals surface area (Å²) in [4.78, 5) is 2.61. The van der Waals surface area contributed by atoms with Crippen molar-refractivity contribution in [1.82, 2.24) is 4.72 Å². The highest BCUT2D eigenvalue weighted by Crippen LogP contribution is 2.18. The molecule has 0 aliphatic heterocycles. The molecule has 0 fully saturated rings. The Morgan fingerprint density at radius 1 is 1.29 bits per heavy atom. The van der Waals surface area contributed by atoms with Crippen LogP contribution < -0.4 is 10.5 Å². The van der Waals surface area contributed by atoms with Gasteiger partial charge < -0.3 is 5.73 Å². The van der Waals surface area contributed by atoms with Crippen molar-refractivity contribution in [3.63, 3.8) is 0 Å². The summed E-state index contributed by atoms with van der Waals surface area (Å²) in [7, 11) is -3.54. The normalized spacial score (nSPS) is 11.5. The summed E-state index contributed by atoms with van der Waals surface area (Å²) in [6.45, 7) is 4.06. The zero-order chi connectivity index (χ0) is 15.6. The fourth-order valence-electron chi connectivity index (χ4n) is 1.91. The maximum absolute atomic E-state index is 12.3. The fraction of sp³-hybridized carbons (Fsp3) is 0.214. The number of nitrogens with one attached hydrogen (secondary N) is 1. The Bertz CT molecular complexity index is 779. The summed E-state index contributed by atoms with van der Waals surface area (Å²) in [5.41, 5.74) is 7.02. The number of benzene rings is 1. The van der Waals surface area contributed by atoms with Gasteiger partial charge in [-0.2, -0.15) is 0 Å². The van der Waals surface area contributed by atoms with Crippen molar-refractivity contribution >= 4 is 38.6 Å². The summed E-state index contributed by atoms with van der Waals surface area (Å²) < 4.78 is 27.1. The van der Waals surface area contributed by atoms with Crippen molar-refractivity contribution in [2.75, 3.05) is 0 Å². The predicted molar refractivity (Wildman–Crippen MR) is 90.1 cm³/mol. The van der Waals surface area contributed by atoms with Crippen LogP contribution in [-0.2, 0) is 16.6 Å². The maximum Gasteiger partial charge on any atom is 0.240 e. The molecule has 0 radical (unpaired) electrons. The van der Waals surface area contributed by atoms with E-state index in [0.717, 1.165) is 15.3 Å². The number of hydrogen-bond acceptors (Lipinski definition) is 4. The van der Waals surface area contributed by atoms with Crippen LogP contribution in [0.15, 0.2) is 35.2 Å². The van der Waals surface area contributed by atoms with Crippen LogP contribution in [0.3, 0.4) is 0 Å². The van der Waals surface area contributed by atoms with Gasteiger partial charge in [0, 0.05) is 21.9 Å². The molecule has 3 N–H and O–H groups in total. The monoisotopic (exact) mass is 340 g/mol. The Kier molecular flexibility index (Phi) is 4.77. The van der Waals surface area contributed by atoms with Crippen LogP contribution >= 0.6 is 23.6 Å². The molecule has 0 saturated carbocycles. The van der Waals surface area contributed by atoms with Gasteiger partial charge in [-0.15, -0.1) is 11.3 Å². The predicted octanol–water partition coefficient (Wildman–Crippen LogP) is 2.48. The summed E-state index contributed by atoms with van der Waals surface area (Å²) in [6, 6.07) is 8.63. The minimum absolute atomic E-state index is 0.216. The van der Waals surface area contributed by atoms with Crippen LogP contribution in [0.4, 0.5) is 0 Å². The number of thiophene rings is 1. The molecule has 4 nitrogen and oxygen atoms in total. The van der Waals surface area contributed by atoms with E-state index in [-0.39, 0.29) is 16.4 Å². The third-order valence-corrected chi connectivity index (χ3v) is 5.63.